The molecule has 0 aliphatic rings. The molecule has 0 spiro atoms. The maximum atomic E-state index is 11.4. The molecule has 1 aromatic heterocycles. The topological polar surface area (TPSA) is 68.0 Å². The fourth-order valence-corrected chi connectivity index (χ4v) is 2.46. The van der Waals surface area contributed by atoms with Crippen LogP contribution < -0.4 is 11.1 Å². The number of thiazole rings is 1. The molecule has 1 amide bonds. The van der Waals surface area contributed by atoms with Gasteiger partial charge in [-0.3, -0.25) is 9.78 Å². The largest absolute Gasteiger partial charge is 0.368 e. The molecule has 0 bridgehead atoms. The first kappa shape index (κ1) is 12.1. The van der Waals surface area contributed by atoms with Gasteiger partial charge in [-0.25, -0.2) is 0 Å². The van der Waals surface area contributed by atoms with Crippen LogP contribution in [0.4, 0.5) is 5.69 Å². The monoisotopic (exact) mass is 311 g/mol. The Morgan fingerprint density at radius 2 is 2.24 bits per heavy atom. The highest BCUT2D eigenvalue weighted by Gasteiger charge is 2.19. The van der Waals surface area contributed by atoms with Gasteiger partial charge in [-0.1, -0.05) is 12.1 Å². The Labute approximate surface area is 111 Å². The summed E-state index contributed by atoms with van der Waals surface area (Å²) in [5.74, 6) is -0.426. The summed E-state index contributed by atoms with van der Waals surface area (Å²) >= 11 is 4.81. The minimum atomic E-state index is -0.554. The van der Waals surface area contributed by atoms with Crippen molar-refractivity contribution < 1.29 is 4.79 Å². The third-order valence-electron chi connectivity index (χ3n) is 2.19. The Hall–Kier alpha value is -1.40. The lowest BCUT2D eigenvalue weighted by molar-refractivity contribution is -0.118. The quantitative estimate of drug-likeness (QED) is 0.911. The number of anilines is 1. The Bertz CT molecular complexity index is 515. The van der Waals surface area contributed by atoms with E-state index in [9.17, 15) is 4.79 Å². The summed E-state index contributed by atoms with van der Waals surface area (Å²) in [5.41, 5.74) is 7.89. The first-order valence-electron chi connectivity index (χ1n) is 4.87. The first-order chi connectivity index (χ1) is 8.18. The fraction of sp³-hybridized carbons (Fsp3) is 0.0909. The highest BCUT2D eigenvalue weighted by atomic mass is 79.9. The van der Waals surface area contributed by atoms with Crippen LogP contribution in [-0.2, 0) is 4.79 Å². The van der Waals surface area contributed by atoms with Gasteiger partial charge in [0.2, 0.25) is 5.91 Å². The van der Waals surface area contributed by atoms with Crippen LogP contribution in [0.1, 0.15) is 10.9 Å². The van der Waals surface area contributed by atoms with Crippen molar-refractivity contribution in [1.29, 1.82) is 0 Å². The molecule has 0 saturated carbocycles. The van der Waals surface area contributed by atoms with Crippen molar-refractivity contribution in [2.75, 3.05) is 5.32 Å². The van der Waals surface area contributed by atoms with E-state index in [0.29, 0.717) is 0 Å². The number of nitrogens with one attached hydrogen (secondary N) is 1. The van der Waals surface area contributed by atoms with Gasteiger partial charge >= 0.3 is 0 Å². The number of amides is 1. The molecule has 2 aromatic rings. The molecule has 0 fully saturated rings. The lowest BCUT2D eigenvalue weighted by Gasteiger charge is -2.15. The molecule has 1 aromatic carbocycles. The second kappa shape index (κ2) is 5.29. The van der Waals surface area contributed by atoms with E-state index in [-0.39, 0.29) is 0 Å². The van der Waals surface area contributed by atoms with Gasteiger partial charge in [-0.2, -0.15) is 0 Å². The van der Waals surface area contributed by atoms with Gasteiger partial charge in [-0.05, 0) is 28.1 Å². The van der Waals surface area contributed by atoms with Crippen molar-refractivity contribution in [2.24, 2.45) is 5.73 Å². The molecule has 17 heavy (non-hydrogen) atoms. The van der Waals surface area contributed by atoms with Crippen molar-refractivity contribution in [3.63, 3.8) is 0 Å². The van der Waals surface area contributed by atoms with Crippen molar-refractivity contribution >= 4 is 38.9 Å². The second-order valence-electron chi connectivity index (χ2n) is 3.36. The highest BCUT2D eigenvalue weighted by Crippen LogP contribution is 2.27. The number of para-hydroxylation sites is 1. The minimum absolute atomic E-state index is 0.426. The van der Waals surface area contributed by atoms with E-state index in [1.165, 1.54) is 11.3 Å². The van der Waals surface area contributed by atoms with Crippen LogP contribution in [-0.4, -0.2) is 10.9 Å². The average molecular weight is 312 g/mol. The molecule has 2 rings (SSSR count). The molecular weight excluding hydrogens is 302 g/mol. The summed E-state index contributed by atoms with van der Waals surface area (Å²) in [4.78, 5) is 16.2. The van der Waals surface area contributed by atoms with Crippen LogP contribution in [0, 0.1) is 0 Å². The Balaban J connectivity index is 2.26. The van der Waals surface area contributed by atoms with Crippen LogP contribution in [0.3, 0.4) is 0 Å². The van der Waals surface area contributed by atoms with Gasteiger partial charge < -0.3 is 11.1 Å². The van der Waals surface area contributed by atoms with Crippen molar-refractivity contribution in [2.45, 2.75) is 6.04 Å². The summed E-state index contributed by atoms with van der Waals surface area (Å²) in [6.45, 7) is 0. The SMILES string of the molecule is NC(=O)C(Nc1ccccc1Br)c1cncs1. The van der Waals surface area contributed by atoms with E-state index in [0.717, 1.165) is 15.0 Å². The number of hydrogen-bond donors (Lipinski definition) is 2. The molecule has 0 saturated heterocycles. The molecule has 0 aliphatic carbocycles. The van der Waals surface area contributed by atoms with E-state index in [1.807, 2.05) is 24.3 Å². The molecule has 0 aliphatic heterocycles. The van der Waals surface area contributed by atoms with Crippen molar-refractivity contribution in [1.82, 2.24) is 4.98 Å². The number of carbonyl (C=O) groups excluding carboxylic acids is 1. The fourth-order valence-electron chi connectivity index (χ4n) is 1.38. The lowest BCUT2D eigenvalue weighted by Crippen LogP contribution is -2.27. The van der Waals surface area contributed by atoms with E-state index in [2.05, 4.69) is 26.2 Å². The molecule has 4 nitrogen and oxygen atoms in total. The maximum absolute atomic E-state index is 11.4. The summed E-state index contributed by atoms with van der Waals surface area (Å²) < 4.78 is 0.885. The number of aromatic nitrogens is 1. The molecule has 1 unspecified atom stereocenters. The third kappa shape index (κ3) is 2.83. The van der Waals surface area contributed by atoms with Crippen LogP contribution in [0.25, 0.3) is 0 Å². The van der Waals surface area contributed by atoms with Crippen molar-refractivity contribution in [3.05, 3.63) is 45.3 Å². The predicted octanol–water partition coefficient (Wildman–Crippen LogP) is 2.54. The van der Waals surface area contributed by atoms with Crippen molar-refractivity contribution in [3.8, 4) is 0 Å². The van der Waals surface area contributed by atoms with Gasteiger partial charge in [0.15, 0.2) is 0 Å². The van der Waals surface area contributed by atoms with Gasteiger partial charge in [0.1, 0.15) is 6.04 Å². The van der Waals surface area contributed by atoms with Gasteiger partial charge in [0.05, 0.1) is 10.4 Å². The normalized spacial score (nSPS) is 12.1. The zero-order valence-corrected chi connectivity index (χ0v) is 11.2. The average Bonchev–Trinajstić information content (AvgIpc) is 2.81. The Morgan fingerprint density at radius 1 is 1.47 bits per heavy atom. The smallest absolute Gasteiger partial charge is 0.245 e. The Kier molecular flexibility index (Phi) is 3.75. The molecule has 6 heteroatoms. The minimum Gasteiger partial charge on any atom is -0.368 e. The number of nitrogens with zero attached hydrogens (tertiary/aromatic N) is 1. The van der Waals surface area contributed by atoms with Crippen LogP contribution in [0.15, 0.2) is 40.4 Å². The van der Waals surface area contributed by atoms with Crippen LogP contribution in [0.5, 0.6) is 0 Å². The van der Waals surface area contributed by atoms with E-state index in [4.69, 9.17) is 5.73 Å². The number of primary amides is 1. The molecule has 1 heterocycles. The predicted molar refractivity (Wildman–Crippen MR) is 71.8 cm³/mol. The van der Waals surface area contributed by atoms with E-state index >= 15 is 0 Å². The van der Waals surface area contributed by atoms with Gasteiger partial charge in [0, 0.05) is 16.4 Å². The number of halogens is 1. The standard InChI is InChI=1S/C11H10BrN3OS/c12-7-3-1-2-4-8(7)15-10(11(13)16)9-5-14-6-17-9/h1-6,10,15H,(H2,13,16). The number of hydrogen-bond acceptors (Lipinski definition) is 4. The number of carbonyl (C=O) groups is 1. The van der Waals surface area contributed by atoms with E-state index < -0.39 is 11.9 Å². The van der Waals surface area contributed by atoms with Crippen LogP contribution in [0.2, 0.25) is 0 Å². The number of rotatable bonds is 4. The zero-order chi connectivity index (χ0) is 12.3. The summed E-state index contributed by atoms with van der Waals surface area (Å²) in [5, 5.41) is 3.10. The molecular formula is C11H10BrN3OS. The summed E-state index contributed by atoms with van der Waals surface area (Å²) in [6.07, 6.45) is 1.64. The third-order valence-corrected chi connectivity index (χ3v) is 3.73. The highest BCUT2D eigenvalue weighted by molar-refractivity contribution is 9.10. The molecule has 88 valence electrons. The number of nitrogens with two attached hydrogens (primary N) is 1. The number of benzene rings is 1. The van der Waals surface area contributed by atoms with Gasteiger partial charge in [0.25, 0.3) is 0 Å². The molecule has 0 radical (unpaired) electrons. The zero-order valence-electron chi connectivity index (χ0n) is 8.76. The molecule has 1 atom stereocenters. The maximum Gasteiger partial charge on any atom is 0.245 e. The van der Waals surface area contributed by atoms with E-state index in [1.54, 1.807) is 11.7 Å². The summed E-state index contributed by atoms with van der Waals surface area (Å²) in [6, 6.07) is 7.01. The second-order valence-corrected chi connectivity index (χ2v) is 5.14. The Morgan fingerprint density at radius 3 is 2.82 bits per heavy atom. The molecule has 3 N–H and O–H groups in total. The summed E-state index contributed by atoms with van der Waals surface area (Å²) in [7, 11) is 0. The first-order valence-corrected chi connectivity index (χ1v) is 6.54. The van der Waals surface area contributed by atoms with Crippen LogP contribution >= 0.6 is 27.3 Å². The van der Waals surface area contributed by atoms with Gasteiger partial charge in [-0.15, -0.1) is 11.3 Å². The lowest BCUT2D eigenvalue weighted by atomic mass is 10.2.